The number of nitrogens with one attached hydrogen (secondary N) is 1. The van der Waals surface area contributed by atoms with Crippen LogP contribution in [0.1, 0.15) is 20.8 Å². The zero-order valence-electron chi connectivity index (χ0n) is 11.5. The predicted molar refractivity (Wildman–Crippen MR) is 82.2 cm³/mol. The van der Waals surface area contributed by atoms with Gasteiger partial charge in [-0.05, 0) is 53.8 Å². The Hall–Kier alpha value is -2.40. The Labute approximate surface area is 126 Å². The van der Waals surface area contributed by atoms with E-state index < -0.39 is 0 Å². The molecule has 106 valence electrons. The third-order valence-corrected chi connectivity index (χ3v) is 4.05. The van der Waals surface area contributed by atoms with Crippen LogP contribution >= 0.6 is 11.3 Å². The smallest absolute Gasteiger partial charge is 0.261 e. The van der Waals surface area contributed by atoms with Crippen LogP contribution in [-0.4, -0.2) is 10.9 Å². The fourth-order valence-electron chi connectivity index (χ4n) is 1.96. The maximum atomic E-state index is 12.0. The maximum absolute atomic E-state index is 12.0. The number of hydrogen-bond acceptors (Lipinski definition) is 4. The van der Waals surface area contributed by atoms with Crippen molar-refractivity contribution in [3.05, 3.63) is 64.2 Å². The summed E-state index contributed by atoms with van der Waals surface area (Å²) in [6.07, 6.45) is 3.33. The first kappa shape index (κ1) is 13.6. The summed E-state index contributed by atoms with van der Waals surface area (Å²) in [5.41, 5.74) is 2.85. The number of amides is 1. The summed E-state index contributed by atoms with van der Waals surface area (Å²) in [6.45, 7) is 2.44. The number of carbonyl (C=O) groups is 1. The molecule has 0 spiro atoms. The molecular formula is C16H14N2O2S. The number of aromatic nitrogens is 1. The van der Waals surface area contributed by atoms with Gasteiger partial charge in [0.25, 0.3) is 5.91 Å². The summed E-state index contributed by atoms with van der Waals surface area (Å²) in [6, 6.07) is 9.37. The second-order valence-electron chi connectivity index (χ2n) is 4.70. The Bertz CT molecular complexity index is 747. The Balaban J connectivity index is 1.68. The molecule has 0 radical (unpaired) electrons. The molecule has 3 aromatic heterocycles. The number of hydrogen-bond donors (Lipinski definition) is 1. The van der Waals surface area contributed by atoms with Crippen LogP contribution in [0.4, 0.5) is 0 Å². The average molecular weight is 298 g/mol. The monoisotopic (exact) mass is 298 g/mol. The van der Waals surface area contributed by atoms with Crippen LogP contribution in [0.5, 0.6) is 0 Å². The molecule has 0 unspecified atom stereocenters. The molecule has 3 heterocycles. The Morgan fingerprint density at radius 1 is 1.38 bits per heavy atom. The third kappa shape index (κ3) is 3.20. The highest BCUT2D eigenvalue weighted by Crippen LogP contribution is 2.18. The quantitative estimate of drug-likeness (QED) is 0.800. The number of furan rings is 1. The van der Waals surface area contributed by atoms with Gasteiger partial charge in [-0.3, -0.25) is 9.78 Å². The highest BCUT2D eigenvalue weighted by Gasteiger charge is 2.08. The molecule has 0 aromatic carbocycles. The Morgan fingerprint density at radius 2 is 2.29 bits per heavy atom. The zero-order chi connectivity index (χ0) is 14.7. The second kappa shape index (κ2) is 5.93. The summed E-state index contributed by atoms with van der Waals surface area (Å²) < 4.78 is 5.32. The Morgan fingerprint density at radius 3 is 3.00 bits per heavy atom. The van der Waals surface area contributed by atoms with Gasteiger partial charge >= 0.3 is 0 Å². The SMILES string of the molecule is Cc1csc(C(=O)NCc2ccnc(-c3ccco3)c2)c1. The van der Waals surface area contributed by atoms with Crippen molar-refractivity contribution in [3.63, 3.8) is 0 Å². The molecule has 0 saturated heterocycles. The molecule has 1 N–H and O–H groups in total. The molecule has 3 aromatic rings. The first-order valence-electron chi connectivity index (χ1n) is 6.54. The summed E-state index contributed by atoms with van der Waals surface area (Å²) in [4.78, 5) is 17.0. The molecule has 3 rings (SSSR count). The van der Waals surface area contributed by atoms with Gasteiger partial charge in [-0.1, -0.05) is 0 Å². The number of pyridine rings is 1. The van der Waals surface area contributed by atoms with E-state index in [4.69, 9.17) is 4.42 Å². The van der Waals surface area contributed by atoms with Gasteiger partial charge in [0.1, 0.15) is 5.69 Å². The molecule has 4 nitrogen and oxygen atoms in total. The lowest BCUT2D eigenvalue weighted by Gasteiger charge is -2.05. The van der Waals surface area contributed by atoms with Gasteiger partial charge < -0.3 is 9.73 Å². The summed E-state index contributed by atoms with van der Waals surface area (Å²) in [5.74, 6) is 0.668. The zero-order valence-corrected chi connectivity index (χ0v) is 12.3. The average Bonchev–Trinajstić information content (AvgIpc) is 3.16. The number of rotatable bonds is 4. The molecule has 0 bridgehead atoms. The van der Waals surface area contributed by atoms with Gasteiger partial charge in [0.2, 0.25) is 0 Å². The fraction of sp³-hybridized carbons (Fsp3) is 0.125. The lowest BCUT2D eigenvalue weighted by atomic mass is 10.2. The number of aryl methyl sites for hydroxylation is 1. The molecule has 0 aliphatic heterocycles. The lowest BCUT2D eigenvalue weighted by Crippen LogP contribution is -2.21. The van der Waals surface area contributed by atoms with Crippen molar-refractivity contribution in [1.82, 2.24) is 10.3 Å². The minimum atomic E-state index is -0.0514. The van der Waals surface area contributed by atoms with E-state index in [1.54, 1.807) is 12.5 Å². The van der Waals surface area contributed by atoms with E-state index in [0.717, 1.165) is 27.5 Å². The molecule has 0 saturated carbocycles. The predicted octanol–water partition coefficient (Wildman–Crippen LogP) is 3.64. The van der Waals surface area contributed by atoms with Crippen molar-refractivity contribution < 1.29 is 9.21 Å². The van der Waals surface area contributed by atoms with Crippen LogP contribution in [-0.2, 0) is 6.54 Å². The molecule has 5 heteroatoms. The van der Waals surface area contributed by atoms with Crippen LogP contribution in [0.25, 0.3) is 11.5 Å². The topological polar surface area (TPSA) is 55.1 Å². The number of thiophene rings is 1. The van der Waals surface area contributed by atoms with Gasteiger partial charge in [-0.15, -0.1) is 11.3 Å². The van der Waals surface area contributed by atoms with Gasteiger partial charge in [0, 0.05) is 12.7 Å². The minimum absolute atomic E-state index is 0.0514. The number of nitrogens with zero attached hydrogens (tertiary/aromatic N) is 1. The van der Waals surface area contributed by atoms with Crippen LogP contribution in [0.15, 0.2) is 52.6 Å². The Kier molecular flexibility index (Phi) is 3.83. The largest absolute Gasteiger partial charge is 0.463 e. The van der Waals surface area contributed by atoms with Crippen molar-refractivity contribution in [1.29, 1.82) is 0 Å². The van der Waals surface area contributed by atoms with E-state index in [1.807, 2.05) is 42.6 Å². The molecule has 21 heavy (non-hydrogen) atoms. The van der Waals surface area contributed by atoms with Crippen LogP contribution < -0.4 is 5.32 Å². The second-order valence-corrected chi connectivity index (χ2v) is 5.61. The summed E-state index contributed by atoms with van der Waals surface area (Å²) in [5, 5.41) is 4.88. The van der Waals surface area contributed by atoms with Crippen molar-refractivity contribution in [2.45, 2.75) is 13.5 Å². The maximum Gasteiger partial charge on any atom is 0.261 e. The van der Waals surface area contributed by atoms with Crippen molar-refractivity contribution >= 4 is 17.2 Å². The van der Waals surface area contributed by atoms with Crippen molar-refractivity contribution in [3.8, 4) is 11.5 Å². The first-order valence-corrected chi connectivity index (χ1v) is 7.42. The van der Waals surface area contributed by atoms with E-state index in [0.29, 0.717) is 6.54 Å². The van der Waals surface area contributed by atoms with E-state index in [1.165, 1.54) is 11.3 Å². The summed E-state index contributed by atoms with van der Waals surface area (Å²) in [7, 11) is 0. The van der Waals surface area contributed by atoms with Gasteiger partial charge in [-0.2, -0.15) is 0 Å². The highest BCUT2D eigenvalue weighted by molar-refractivity contribution is 7.12. The lowest BCUT2D eigenvalue weighted by molar-refractivity contribution is 0.0955. The number of carbonyl (C=O) groups excluding carboxylic acids is 1. The van der Waals surface area contributed by atoms with Gasteiger partial charge in [-0.25, -0.2) is 0 Å². The van der Waals surface area contributed by atoms with Crippen LogP contribution in [0.2, 0.25) is 0 Å². The van der Waals surface area contributed by atoms with Crippen LogP contribution in [0.3, 0.4) is 0 Å². The summed E-state index contributed by atoms with van der Waals surface area (Å²) >= 11 is 1.45. The normalized spacial score (nSPS) is 10.5. The first-order chi connectivity index (χ1) is 10.2. The molecular weight excluding hydrogens is 284 g/mol. The molecule has 1 amide bonds. The van der Waals surface area contributed by atoms with Crippen LogP contribution in [0, 0.1) is 6.92 Å². The van der Waals surface area contributed by atoms with Crippen molar-refractivity contribution in [2.24, 2.45) is 0 Å². The molecule has 0 aliphatic rings. The van der Waals surface area contributed by atoms with Gasteiger partial charge in [0.15, 0.2) is 5.76 Å². The highest BCUT2D eigenvalue weighted by atomic mass is 32.1. The molecule has 0 aliphatic carbocycles. The minimum Gasteiger partial charge on any atom is -0.463 e. The van der Waals surface area contributed by atoms with E-state index in [9.17, 15) is 4.79 Å². The standard InChI is InChI=1S/C16H14N2O2S/c1-11-7-15(21-10-11)16(19)18-9-12-4-5-17-13(8-12)14-3-2-6-20-14/h2-8,10H,9H2,1H3,(H,18,19). The van der Waals surface area contributed by atoms with Crippen molar-refractivity contribution in [2.75, 3.05) is 0 Å². The van der Waals surface area contributed by atoms with E-state index in [-0.39, 0.29) is 5.91 Å². The fourth-order valence-corrected chi connectivity index (χ4v) is 2.78. The van der Waals surface area contributed by atoms with E-state index >= 15 is 0 Å². The third-order valence-electron chi connectivity index (χ3n) is 3.01. The molecule has 0 fully saturated rings. The molecule has 0 atom stereocenters. The van der Waals surface area contributed by atoms with E-state index in [2.05, 4.69) is 10.3 Å². The van der Waals surface area contributed by atoms with Gasteiger partial charge in [0.05, 0.1) is 11.1 Å².